The lowest BCUT2D eigenvalue weighted by Gasteiger charge is -2.22. The van der Waals surface area contributed by atoms with E-state index in [2.05, 4.69) is 10.2 Å². The largest absolute Gasteiger partial charge is 0.484 e. The molecule has 3 rings (SSSR count). The Morgan fingerprint density at radius 3 is 2.74 bits per heavy atom. The summed E-state index contributed by atoms with van der Waals surface area (Å²) in [4.78, 5) is 27.9. The molecule has 144 valence electrons. The van der Waals surface area contributed by atoms with Crippen LogP contribution in [0, 0.1) is 5.82 Å². The number of carbonyl (C=O) groups is 2. The van der Waals surface area contributed by atoms with Gasteiger partial charge in [-0.15, -0.1) is 11.3 Å². The number of rotatable bonds is 6. The van der Waals surface area contributed by atoms with Crippen LogP contribution in [0.3, 0.4) is 0 Å². The summed E-state index contributed by atoms with van der Waals surface area (Å²) in [5.41, 5.74) is 1.39. The van der Waals surface area contributed by atoms with Gasteiger partial charge in [0, 0.05) is 18.0 Å². The van der Waals surface area contributed by atoms with E-state index < -0.39 is 11.9 Å². The quantitative estimate of drug-likeness (QED) is 0.766. The van der Waals surface area contributed by atoms with Gasteiger partial charge in [0.25, 0.3) is 5.91 Å². The first-order valence-corrected chi connectivity index (χ1v) is 9.48. The summed E-state index contributed by atoms with van der Waals surface area (Å²) >= 11 is 1.39. The Balaban J connectivity index is 1.73. The molecule has 27 heavy (non-hydrogen) atoms. The van der Waals surface area contributed by atoms with Crippen molar-refractivity contribution < 1.29 is 23.5 Å². The number of benzene rings is 1. The summed E-state index contributed by atoms with van der Waals surface area (Å²) in [5.74, 6) is -0.796. The number of hydrogen-bond acceptors (Lipinski definition) is 6. The normalized spacial score (nSPS) is 13.7. The van der Waals surface area contributed by atoms with Crippen LogP contribution in [0.25, 0.3) is 0 Å². The Morgan fingerprint density at radius 2 is 2.04 bits per heavy atom. The second-order valence-electron chi connectivity index (χ2n) is 6.21. The molecule has 1 amide bonds. The number of nitrogens with one attached hydrogen (secondary N) is 1. The molecule has 1 aromatic carbocycles. The molecule has 0 spiro atoms. The number of likely N-dealkylation sites (N-methyl/N-ethyl adjacent to an activating group) is 1. The Morgan fingerprint density at radius 1 is 1.30 bits per heavy atom. The lowest BCUT2D eigenvalue weighted by atomic mass is 10.0. The first-order chi connectivity index (χ1) is 13.0. The molecule has 1 aliphatic rings. The highest BCUT2D eigenvalue weighted by Crippen LogP contribution is 2.37. The van der Waals surface area contributed by atoms with Gasteiger partial charge in [0.2, 0.25) is 0 Å². The lowest BCUT2D eigenvalue weighted by molar-refractivity contribution is -0.118. The van der Waals surface area contributed by atoms with Crippen LogP contribution in [-0.4, -0.2) is 43.6 Å². The highest BCUT2D eigenvalue weighted by Gasteiger charge is 2.28. The molecule has 1 aromatic heterocycles. The fraction of sp³-hybridized carbons (Fsp3) is 0.368. The number of amides is 1. The highest BCUT2D eigenvalue weighted by atomic mass is 32.1. The number of thiophene rings is 1. The average molecular weight is 392 g/mol. The third-order valence-electron chi connectivity index (χ3n) is 4.16. The van der Waals surface area contributed by atoms with Crippen LogP contribution in [0.1, 0.15) is 27.7 Å². The predicted octanol–water partition coefficient (Wildman–Crippen LogP) is 3.07. The predicted molar refractivity (Wildman–Crippen MR) is 101 cm³/mol. The van der Waals surface area contributed by atoms with E-state index in [4.69, 9.17) is 9.47 Å². The monoisotopic (exact) mass is 392 g/mol. The van der Waals surface area contributed by atoms with Crippen LogP contribution >= 0.6 is 11.3 Å². The molecule has 0 saturated carbocycles. The Bertz CT molecular complexity index is 835. The maximum absolute atomic E-state index is 12.9. The minimum absolute atomic E-state index is 0.240. The second-order valence-corrected chi connectivity index (χ2v) is 7.31. The maximum atomic E-state index is 12.9. The number of anilines is 1. The van der Waals surface area contributed by atoms with Crippen LogP contribution in [0.2, 0.25) is 0 Å². The van der Waals surface area contributed by atoms with E-state index in [1.807, 2.05) is 7.05 Å². The van der Waals surface area contributed by atoms with Crippen molar-refractivity contribution in [2.24, 2.45) is 0 Å². The number of esters is 1. The maximum Gasteiger partial charge on any atom is 0.341 e. The van der Waals surface area contributed by atoms with Crippen molar-refractivity contribution >= 4 is 28.2 Å². The highest BCUT2D eigenvalue weighted by molar-refractivity contribution is 7.17. The summed E-state index contributed by atoms with van der Waals surface area (Å²) in [6.07, 6.45) is 0.735. The molecule has 1 aliphatic heterocycles. The Kier molecular flexibility index (Phi) is 6.08. The zero-order chi connectivity index (χ0) is 19.4. The van der Waals surface area contributed by atoms with Gasteiger partial charge in [-0.3, -0.25) is 4.79 Å². The van der Waals surface area contributed by atoms with E-state index in [9.17, 15) is 14.0 Å². The molecule has 0 fully saturated rings. The van der Waals surface area contributed by atoms with Crippen molar-refractivity contribution in [3.8, 4) is 5.75 Å². The van der Waals surface area contributed by atoms with E-state index in [1.165, 1.54) is 35.6 Å². The van der Waals surface area contributed by atoms with Crippen LogP contribution < -0.4 is 10.1 Å². The van der Waals surface area contributed by atoms with E-state index in [1.54, 1.807) is 6.92 Å². The molecule has 0 aliphatic carbocycles. The lowest BCUT2D eigenvalue weighted by Crippen LogP contribution is -2.26. The van der Waals surface area contributed by atoms with Crippen LogP contribution in [0.4, 0.5) is 9.39 Å². The number of nitrogens with zero attached hydrogens (tertiary/aromatic N) is 1. The molecule has 0 atom stereocenters. The van der Waals surface area contributed by atoms with Crippen molar-refractivity contribution in [3.63, 3.8) is 0 Å². The van der Waals surface area contributed by atoms with Crippen molar-refractivity contribution in [1.82, 2.24) is 4.90 Å². The van der Waals surface area contributed by atoms with Crippen molar-refractivity contribution in [1.29, 1.82) is 0 Å². The molecule has 0 saturated heterocycles. The summed E-state index contributed by atoms with van der Waals surface area (Å²) < 4.78 is 23.5. The Labute approximate surface area is 160 Å². The SMILES string of the molecule is CCOC(=O)c1c(NC(=O)COc2ccc(F)cc2)sc2c1CCN(C)C2. The number of ether oxygens (including phenoxy) is 2. The number of carbonyl (C=O) groups excluding carboxylic acids is 2. The third-order valence-corrected chi connectivity index (χ3v) is 5.30. The van der Waals surface area contributed by atoms with Gasteiger partial charge in [0.15, 0.2) is 6.61 Å². The Hall–Kier alpha value is -2.45. The summed E-state index contributed by atoms with van der Waals surface area (Å²) in [6.45, 7) is 3.35. The van der Waals surface area contributed by atoms with Crippen LogP contribution in [0.15, 0.2) is 24.3 Å². The number of hydrogen-bond donors (Lipinski definition) is 1. The molecule has 0 bridgehead atoms. The van der Waals surface area contributed by atoms with Gasteiger partial charge in [-0.25, -0.2) is 9.18 Å². The fourth-order valence-corrected chi connectivity index (χ4v) is 4.21. The smallest absolute Gasteiger partial charge is 0.341 e. The van der Waals surface area contributed by atoms with Gasteiger partial charge >= 0.3 is 5.97 Å². The van der Waals surface area contributed by atoms with Gasteiger partial charge in [-0.2, -0.15) is 0 Å². The number of halogens is 1. The topological polar surface area (TPSA) is 67.9 Å². The second kappa shape index (κ2) is 8.49. The van der Waals surface area contributed by atoms with Crippen molar-refractivity contribution in [2.75, 3.05) is 32.1 Å². The minimum atomic E-state index is -0.422. The molecule has 2 aromatic rings. The molecule has 6 nitrogen and oxygen atoms in total. The van der Waals surface area contributed by atoms with Gasteiger partial charge in [-0.05, 0) is 50.2 Å². The number of fused-ring (bicyclic) bond motifs is 1. The summed E-state index contributed by atoms with van der Waals surface area (Å²) in [5, 5.41) is 3.25. The fourth-order valence-electron chi connectivity index (χ4n) is 2.88. The average Bonchev–Trinajstić information content (AvgIpc) is 2.98. The first kappa shape index (κ1) is 19.3. The van der Waals surface area contributed by atoms with Gasteiger partial charge in [-0.1, -0.05) is 0 Å². The summed E-state index contributed by atoms with van der Waals surface area (Å²) in [6, 6.07) is 5.42. The van der Waals surface area contributed by atoms with E-state index >= 15 is 0 Å². The van der Waals surface area contributed by atoms with E-state index in [0.29, 0.717) is 16.3 Å². The standard InChI is InChI=1S/C19H21FN2O4S/c1-3-25-19(24)17-14-8-9-22(2)10-15(14)27-18(17)21-16(23)11-26-13-6-4-12(20)5-7-13/h4-7H,3,8-11H2,1-2H3,(H,21,23). The van der Waals surface area contributed by atoms with Crippen molar-refractivity contribution in [2.45, 2.75) is 19.9 Å². The molecule has 8 heteroatoms. The van der Waals surface area contributed by atoms with Gasteiger partial charge in [0.05, 0.1) is 12.2 Å². The third kappa shape index (κ3) is 4.64. The van der Waals surface area contributed by atoms with E-state index in [-0.39, 0.29) is 19.0 Å². The van der Waals surface area contributed by atoms with E-state index in [0.717, 1.165) is 30.0 Å². The zero-order valence-electron chi connectivity index (χ0n) is 15.2. The minimum Gasteiger partial charge on any atom is -0.484 e. The summed E-state index contributed by atoms with van der Waals surface area (Å²) in [7, 11) is 2.02. The molecular formula is C19H21FN2O4S. The zero-order valence-corrected chi connectivity index (χ0v) is 16.0. The molecular weight excluding hydrogens is 371 g/mol. The molecule has 0 radical (unpaired) electrons. The van der Waals surface area contributed by atoms with Crippen molar-refractivity contribution in [3.05, 3.63) is 46.1 Å². The first-order valence-electron chi connectivity index (χ1n) is 8.66. The molecule has 1 N–H and O–H groups in total. The molecule has 0 unspecified atom stereocenters. The van der Waals surface area contributed by atoms with Gasteiger partial charge < -0.3 is 19.7 Å². The van der Waals surface area contributed by atoms with Gasteiger partial charge in [0.1, 0.15) is 16.6 Å². The molecule has 2 heterocycles. The van der Waals surface area contributed by atoms with Crippen LogP contribution in [-0.2, 0) is 22.5 Å². The van der Waals surface area contributed by atoms with Crippen LogP contribution in [0.5, 0.6) is 5.75 Å².